The summed E-state index contributed by atoms with van der Waals surface area (Å²) in [4.78, 5) is 24.1. The molecule has 282 valence electrons. The third kappa shape index (κ3) is 10.6. The Hall–Kier alpha value is -5.96. The van der Waals surface area contributed by atoms with Gasteiger partial charge in [-0.15, -0.1) is 0 Å². The molecule has 4 amide bonds. The van der Waals surface area contributed by atoms with Crippen LogP contribution in [0.5, 0.6) is 11.5 Å². The lowest BCUT2D eigenvalue weighted by Gasteiger charge is -2.12. The highest BCUT2D eigenvalue weighted by atomic mass is 32.2. The second-order valence-electron chi connectivity index (χ2n) is 11.4. The zero-order valence-corrected chi connectivity index (χ0v) is 31.3. The number of nitrogens with one attached hydrogen (secondary N) is 4. The maximum atomic E-state index is 13.2. The fraction of sp³-hybridized carbons (Fsp3) is 0.0588. The van der Waals surface area contributed by atoms with Crippen LogP contribution in [0.1, 0.15) is 0 Å². The number of carbonyl (C=O) groups is 2. The van der Waals surface area contributed by atoms with E-state index in [4.69, 9.17) is 8.37 Å². The first kappa shape index (κ1) is 39.3. The van der Waals surface area contributed by atoms with Crippen molar-refractivity contribution in [3.8, 4) is 11.5 Å². The Bertz CT molecular complexity index is 2490. The van der Waals surface area contributed by atoms with Crippen LogP contribution in [-0.4, -0.2) is 58.2 Å². The summed E-state index contributed by atoms with van der Waals surface area (Å²) < 4.78 is 110. The van der Waals surface area contributed by atoms with Gasteiger partial charge < -0.3 is 29.6 Å². The molecule has 5 aromatic rings. The van der Waals surface area contributed by atoms with Gasteiger partial charge in [-0.05, 0) is 91.0 Å². The first-order valence-electron chi connectivity index (χ1n) is 15.2. The largest absolute Gasteiger partial charge is 0.379 e. The Labute approximate surface area is 311 Å². The van der Waals surface area contributed by atoms with Crippen LogP contribution in [0.15, 0.2) is 141 Å². The van der Waals surface area contributed by atoms with Crippen LogP contribution in [-0.2, 0) is 39.9 Å². The van der Waals surface area contributed by atoms with E-state index in [9.17, 15) is 43.3 Å². The Morgan fingerprint density at radius 3 is 1.09 bits per heavy atom. The highest BCUT2D eigenvalue weighted by Gasteiger charge is 2.23. The summed E-state index contributed by atoms with van der Waals surface area (Å²) in [5.41, 5.74) is 0.850. The lowest BCUT2D eigenvalue weighted by atomic mass is 10.3. The van der Waals surface area contributed by atoms with Crippen molar-refractivity contribution in [3.63, 3.8) is 0 Å². The van der Waals surface area contributed by atoms with E-state index in [-0.39, 0.29) is 32.7 Å². The molecule has 0 atom stereocenters. The van der Waals surface area contributed by atoms with Crippen LogP contribution in [0.3, 0.4) is 0 Å². The molecule has 0 unspecified atom stereocenters. The van der Waals surface area contributed by atoms with Crippen LogP contribution in [0.2, 0.25) is 0 Å². The minimum Gasteiger partial charge on any atom is -0.379 e. The molecule has 0 saturated carbocycles. The van der Waals surface area contributed by atoms with E-state index >= 15 is 0 Å². The van der Waals surface area contributed by atoms with E-state index in [0.717, 1.165) is 30.7 Å². The van der Waals surface area contributed by atoms with Crippen LogP contribution >= 0.6 is 0 Å². The van der Waals surface area contributed by atoms with Crippen LogP contribution in [0.25, 0.3) is 0 Å². The van der Waals surface area contributed by atoms with Crippen molar-refractivity contribution in [1.82, 2.24) is 0 Å². The van der Waals surface area contributed by atoms with E-state index in [1.54, 1.807) is 0 Å². The number of hydrogen-bond acceptors (Lipinski definition) is 12. The molecule has 20 heteroatoms. The summed E-state index contributed by atoms with van der Waals surface area (Å²) in [6.07, 6.45) is 2.10. The molecular weight excluding hydrogens is 785 g/mol. The quantitative estimate of drug-likeness (QED) is 0.117. The Morgan fingerprint density at radius 1 is 0.407 bits per heavy atom. The molecule has 0 fully saturated rings. The average Bonchev–Trinajstić information content (AvgIpc) is 3.08. The summed E-state index contributed by atoms with van der Waals surface area (Å²) in [6.45, 7) is 0. The van der Waals surface area contributed by atoms with Crippen molar-refractivity contribution in [3.05, 3.63) is 121 Å². The number of benzene rings is 5. The molecule has 5 rings (SSSR count). The second-order valence-corrected chi connectivity index (χ2v) is 18.5. The molecule has 0 bridgehead atoms. The average molecular weight is 815 g/mol. The van der Waals surface area contributed by atoms with Crippen molar-refractivity contribution in [2.45, 2.75) is 19.6 Å². The smallest absolute Gasteiger partial charge is 0.339 e. The number of rotatable bonds is 12. The molecule has 5 aromatic carbocycles. The number of amides is 4. The molecule has 0 heterocycles. The minimum absolute atomic E-state index is 0.0670. The van der Waals surface area contributed by atoms with Crippen LogP contribution < -0.4 is 29.6 Å². The first-order valence-corrected chi connectivity index (χ1v) is 21.8. The SMILES string of the molecule is CS(=O)(=O)c1ccc(NC(=O)Nc2cccc(OS(=O)(=O)c3cccc(S(=O)(=O)Oc4cccc(NC(=O)Nc5ccc(S(C)(=O)=O)cc5)c4)c3)c2)cc1. The second kappa shape index (κ2) is 15.6. The molecule has 0 aromatic heterocycles. The molecule has 0 aliphatic carbocycles. The fourth-order valence-electron chi connectivity index (χ4n) is 4.54. The first-order chi connectivity index (χ1) is 25.3. The Balaban J connectivity index is 1.22. The van der Waals surface area contributed by atoms with E-state index in [1.165, 1.54) is 103 Å². The van der Waals surface area contributed by atoms with Gasteiger partial charge >= 0.3 is 32.3 Å². The lowest BCUT2D eigenvalue weighted by Crippen LogP contribution is -2.19. The molecule has 0 aliphatic rings. The van der Waals surface area contributed by atoms with Gasteiger partial charge in [0.05, 0.1) is 9.79 Å². The molecule has 0 radical (unpaired) electrons. The zero-order chi connectivity index (χ0) is 39.3. The predicted molar refractivity (Wildman–Crippen MR) is 199 cm³/mol. The molecule has 54 heavy (non-hydrogen) atoms. The summed E-state index contributed by atoms with van der Waals surface area (Å²) in [6, 6.07) is 24.4. The maximum absolute atomic E-state index is 13.2. The number of anilines is 4. The number of hydrogen-bond donors (Lipinski definition) is 4. The van der Waals surface area contributed by atoms with E-state index in [1.807, 2.05) is 0 Å². The van der Waals surface area contributed by atoms with Gasteiger partial charge in [-0.1, -0.05) is 18.2 Å². The van der Waals surface area contributed by atoms with Crippen molar-refractivity contribution in [2.75, 3.05) is 33.8 Å². The Morgan fingerprint density at radius 2 is 0.741 bits per heavy atom. The van der Waals surface area contributed by atoms with Crippen molar-refractivity contribution in [1.29, 1.82) is 0 Å². The van der Waals surface area contributed by atoms with Gasteiger partial charge in [-0.25, -0.2) is 26.4 Å². The lowest BCUT2D eigenvalue weighted by molar-refractivity contribution is 0.261. The topological polar surface area (TPSA) is 237 Å². The Kier molecular flexibility index (Phi) is 11.3. The van der Waals surface area contributed by atoms with Crippen molar-refractivity contribution in [2.24, 2.45) is 0 Å². The summed E-state index contributed by atoms with van der Waals surface area (Å²) in [7, 11) is -16.1. The number of sulfone groups is 2. The zero-order valence-electron chi connectivity index (χ0n) is 28.1. The van der Waals surface area contributed by atoms with Gasteiger partial charge in [0.25, 0.3) is 0 Å². The van der Waals surface area contributed by atoms with Gasteiger partial charge in [0.15, 0.2) is 19.7 Å². The molecule has 4 N–H and O–H groups in total. The van der Waals surface area contributed by atoms with E-state index < -0.39 is 61.8 Å². The number of carbonyl (C=O) groups excluding carboxylic acids is 2. The minimum atomic E-state index is -4.62. The third-order valence-corrected chi connectivity index (χ3v) is 11.8. The predicted octanol–water partition coefficient (Wildman–Crippen LogP) is 5.32. The van der Waals surface area contributed by atoms with Gasteiger partial charge in [0.1, 0.15) is 21.3 Å². The molecule has 16 nitrogen and oxygen atoms in total. The van der Waals surface area contributed by atoms with E-state index in [2.05, 4.69) is 21.3 Å². The third-order valence-electron chi connectivity index (χ3n) is 7.06. The van der Waals surface area contributed by atoms with Gasteiger partial charge in [-0.3, -0.25) is 0 Å². The van der Waals surface area contributed by atoms with Gasteiger partial charge in [-0.2, -0.15) is 16.8 Å². The summed E-state index contributed by atoms with van der Waals surface area (Å²) in [5.74, 6) is -0.428. The highest BCUT2D eigenvalue weighted by molar-refractivity contribution is 7.91. The maximum Gasteiger partial charge on any atom is 0.339 e. The highest BCUT2D eigenvalue weighted by Crippen LogP contribution is 2.27. The molecule has 0 aliphatic heterocycles. The fourth-order valence-corrected chi connectivity index (χ4v) is 7.82. The van der Waals surface area contributed by atoms with Gasteiger partial charge in [0.2, 0.25) is 0 Å². The van der Waals surface area contributed by atoms with E-state index in [0.29, 0.717) is 11.4 Å². The molecular formula is C34H30N4O12S4. The summed E-state index contributed by atoms with van der Waals surface area (Å²) in [5, 5.41) is 10.0. The van der Waals surface area contributed by atoms with Crippen LogP contribution in [0, 0.1) is 0 Å². The number of urea groups is 2. The standard InChI is InChI=1S/C34H30N4O12S4/c1-51(41,42)29-16-12-23(13-17-29)35-33(39)37-25-6-3-8-27(20-25)49-53(45,46)31-10-5-11-32(22-31)54(47,48)50-28-9-4-7-26(21-28)38-34(40)36-24-14-18-30(19-15-24)52(2,43)44/h3-22H,1-2H3,(H2,35,37,39)(H2,36,38,40). The molecule has 0 spiro atoms. The monoisotopic (exact) mass is 814 g/mol. The molecule has 0 saturated heterocycles. The normalized spacial score (nSPS) is 11.9. The summed E-state index contributed by atoms with van der Waals surface area (Å²) >= 11 is 0. The van der Waals surface area contributed by atoms with Gasteiger partial charge in [0, 0.05) is 47.4 Å². The van der Waals surface area contributed by atoms with Crippen molar-refractivity contribution >= 4 is 74.7 Å². The van der Waals surface area contributed by atoms with Crippen molar-refractivity contribution < 1.29 is 51.6 Å². The van der Waals surface area contributed by atoms with Crippen LogP contribution in [0.4, 0.5) is 32.3 Å².